The van der Waals surface area contributed by atoms with Crippen molar-refractivity contribution in [2.75, 3.05) is 0 Å². The smallest absolute Gasteiger partial charge is 0.237 e. The van der Waals surface area contributed by atoms with E-state index < -0.39 is 0 Å². The maximum atomic E-state index is 6.04. The Balaban J connectivity index is 2.17. The Kier molecular flexibility index (Phi) is 4.12. The normalized spacial score (nSPS) is 10.4. The Bertz CT molecular complexity index is 528. The fourth-order valence-electron chi connectivity index (χ4n) is 1.51. The van der Waals surface area contributed by atoms with Gasteiger partial charge < -0.3 is 10.5 Å². The lowest BCUT2D eigenvalue weighted by Crippen LogP contribution is -2.00. The van der Waals surface area contributed by atoms with Crippen molar-refractivity contribution < 1.29 is 4.74 Å². The zero-order valence-corrected chi connectivity index (χ0v) is 10.8. The fourth-order valence-corrected chi connectivity index (χ4v) is 1.76. The SMILES string of the molecule is CCc1cc(Oc2cnc(CN)cn2)ccc1Cl. The van der Waals surface area contributed by atoms with Crippen molar-refractivity contribution in [2.24, 2.45) is 5.73 Å². The van der Waals surface area contributed by atoms with Crippen LogP contribution < -0.4 is 10.5 Å². The molecule has 0 aliphatic carbocycles. The van der Waals surface area contributed by atoms with Crippen LogP contribution >= 0.6 is 11.6 Å². The van der Waals surface area contributed by atoms with Gasteiger partial charge in [0.2, 0.25) is 5.88 Å². The number of nitrogens with zero attached hydrogens (tertiary/aromatic N) is 2. The number of hydrogen-bond donors (Lipinski definition) is 1. The summed E-state index contributed by atoms with van der Waals surface area (Å²) < 4.78 is 5.60. The summed E-state index contributed by atoms with van der Waals surface area (Å²) in [6, 6.07) is 5.53. The van der Waals surface area contributed by atoms with Crippen LogP contribution in [0.15, 0.2) is 30.6 Å². The van der Waals surface area contributed by atoms with E-state index in [9.17, 15) is 0 Å². The topological polar surface area (TPSA) is 61.0 Å². The second-order valence-electron chi connectivity index (χ2n) is 3.76. The van der Waals surface area contributed by atoms with Crippen LogP contribution in [0, 0.1) is 0 Å². The van der Waals surface area contributed by atoms with Crippen molar-refractivity contribution in [2.45, 2.75) is 19.9 Å². The molecule has 2 aromatic rings. The second-order valence-corrected chi connectivity index (χ2v) is 4.17. The molecular weight excluding hydrogens is 250 g/mol. The minimum Gasteiger partial charge on any atom is -0.437 e. The molecule has 94 valence electrons. The first-order valence-corrected chi connectivity index (χ1v) is 6.08. The maximum absolute atomic E-state index is 6.04. The van der Waals surface area contributed by atoms with Crippen LogP contribution in [0.3, 0.4) is 0 Å². The molecule has 1 aromatic heterocycles. The Morgan fingerprint density at radius 2 is 2.11 bits per heavy atom. The van der Waals surface area contributed by atoms with Gasteiger partial charge in [-0.2, -0.15) is 0 Å². The molecule has 0 aliphatic heterocycles. The molecule has 0 saturated heterocycles. The van der Waals surface area contributed by atoms with Gasteiger partial charge >= 0.3 is 0 Å². The lowest BCUT2D eigenvalue weighted by Gasteiger charge is -2.07. The molecule has 2 rings (SSSR count). The molecule has 0 radical (unpaired) electrons. The van der Waals surface area contributed by atoms with E-state index in [4.69, 9.17) is 22.1 Å². The van der Waals surface area contributed by atoms with Gasteiger partial charge in [-0.15, -0.1) is 0 Å². The van der Waals surface area contributed by atoms with Gasteiger partial charge in [0.1, 0.15) is 5.75 Å². The summed E-state index contributed by atoms with van der Waals surface area (Å²) in [5, 5.41) is 0.745. The maximum Gasteiger partial charge on any atom is 0.237 e. The largest absolute Gasteiger partial charge is 0.437 e. The number of aryl methyl sites for hydroxylation is 1. The summed E-state index contributed by atoms with van der Waals surface area (Å²) >= 11 is 6.04. The molecule has 5 heteroatoms. The summed E-state index contributed by atoms with van der Waals surface area (Å²) in [5.74, 6) is 1.14. The number of hydrogen-bond acceptors (Lipinski definition) is 4. The second kappa shape index (κ2) is 5.80. The molecule has 0 atom stereocenters. The first kappa shape index (κ1) is 12.8. The quantitative estimate of drug-likeness (QED) is 0.921. The number of ether oxygens (including phenoxy) is 1. The summed E-state index contributed by atoms with van der Waals surface area (Å²) in [6.07, 6.45) is 4.02. The van der Waals surface area contributed by atoms with E-state index >= 15 is 0 Å². The van der Waals surface area contributed by atoms with Crippen LogP contribution in [0.5, 0.6) is 11.6 Å². The Labute approximate surface area is 111 Å². The molecule has 0 spiro atoms. The average molecular weight is 264 g/mol. The van der Waals surface area contributed by atoms with Gasteiger partial charge in [-0.05, 0) is 30.2 Å². The highest BCUT2D eigenvalue weighted by Gasteiger charge is 2.03. The zero-order chi connectivity index (χ0) is 13.0. The molecule has 0 unspecified atom stereocenters. The number of nitrogens with two attached hydrogens (primary N) is 1. The minimum absolute atomic E-state index is 0.369. The molecule has 0 saturated carbocycles. The van der Waals surface area contributed by atoms with Gasteiger partial charge in [-0.25, -0.2) is 4.98 Å². The zero-order valence-electron chi connectivity index (χ0n) is 10.1. The van der Waals surface area contributed by atoms with Crippen LogP contribution in [0.2, 0.25) is 5.02 Å². The molecular formula is C13H14ClN3O. The van der Waals surface area contributed by atoms with Gasteiger partial charge in [-0.3, -0.25) is 4.98 Å². The lowest BCUT2D eigenvalue weighted by molar-refractivity contribution is 0.458. The van der Waals surface area contributed by atoms with Crippen molar-refractivity contribution in [1.82, 2.24) is 9.97 Å². The fraction of sp³-hybridized carbons (Fsp3) is 0.231. The third-order valence-electron chi connectivity index (χ3n) is 2.51. The van der Waals surface area contributed by atoms with Gasteiger partial charge in [0, 0.05) is 11.6 Å². The number of halogens is 1. The Morgan fingerprint density at radius 1 is 1.28 bits per heavy atom. The number of rotatable bonds is 4. The van der Waals surface area contributed by atoms with Crippen molar-refractivity contribution in [3.8, 4) is 11.6 Å². The van der Waals surface area contributed by atoms with E-state index in [1.54, 1.807) is 18.5 Å². The van der Waals surface area contributed by atoms with Crippen LogP contribution in [0.1, 0.15) is 18.2 Å². The summed E-state index contributed by atoms with van der Waals surface area (Å²) in [5.41, 5.74) is 7.22. The minimum atomic E-state index is 0.369. The summed E-state index contributed by atoms with van der Waals surface area (Å²) in [6.45, 7) is 2.41. The average Bonchev–Trinajstić information content (AvgIpc) is 2.42. The molecule has 2 N–H and O–H groups in total. The van der Waals surface area contributed by atoms with Crippen LogP contribution in [-0.4, -0.2) is 9.97 Å². The third-order valence-corrected chi connectivity index (χ3v) is 2.88. The first-order chi connectivity index (χ1) is 8.72. The number of benzene rings is 1. The highest BCUT2D eigenvalue weighted by molar-refractivity contribution is 6.31. The molecule has 1 aromatic carbocycles. The molecule has 0 aliphatic rings. The van der Waals surface area contributed by atoms with E-state index in [-0.39, 0.29) is 0 Å². The van der Waals surface area contributed by atoms with Gasteiger partial charge in [0.05, 0.1) is 18.1 Å². The predicted molar refractivity (Wildman–Crippen MR) is 70.8 cm³/mol. The standard InChI is InChI=1S/C13H14ClN3O/c1-2-9-5-11(3-4-12(9)14)18-13-8-16-10(6-15)7-17-13/h3-5,7-8H,2,6,15H2,1H3. The first-order valence-electron chi connectivity index (χ1n) is 5.70. The number of aromatic nitrogens is 2. The molecule has 0 amide bonds. The molecule has 0 bridgehead atoms. The molecule has 0 fully saturated rings. The van der Waals surface area contributed by atoms with Crippen LogP contribution in [-0.2, 0) is 13.0 Å². The van der Waals surface area contributed by atoms with Crippen molar-refractivity contribution in [3.63, 3.8) is 0 Å². The van der Waals surface area contributed by atoms with Crippen molar-refractivity contribution in [3.05, 3.63) is 46.9 Å². The third kappa shape index (κ3) is 2.97. The van der Waals surface area contributed by atoms with E-state index in [0.717, 1.165) is 22.7 Å². The highest BCUT2D eigenvalue weighted by atomic mass is 35.5. The van der Waals surface area contributed by atoms with Crippen LogP contribution in [0.25, 0.3) is 0 Å². The van der Waals surface area contributed by atoms with Gasteiger partial charge in [0.15, 0.2) is 0 Å². The van der Waals surface area contributed by atoms with Gasteiger partial charge in [0.25, 0.3) is 0 Å². The summed E-state index contributed by atoms with van der Waals surface area (Å²) in [4.78, 5) is 8.24. The highest BCUT2D eigenvalue weighted by Crippen LogP contribution is 2.25. The Morgan fingerprint density at radius 3 is 2.72 bits per heavy atom. The van der Waals surface area contributed by atoms with E-state index in [1.807, 2.05) is 19.1 Å². The monoisotopic (exact) mass is 263 g/mol. The van der Waals surface area contributed by atoms with Crippen molar-refractivity contribution >= 4 is 11.6 Å². The van der Waals surface area contributed by atoms with Crippen LogP contribution in [0.4, 0.5) is 0 Å². The van der Waals surface area contributed by atoms with Gasteiger partial charge in [-0.1, -0.05) is 18.5 Å². The lowest BCUT2D eigenvalue weighted by atomic mass is 10.1. The van der Waals surface area contributed by atoms with Crippen molar-refractivity contribution in [1.29, 1.82) is 0 Å². The van der Waals surface area contributed by atoms with E-state index in [1.165, 1.54) is 0 Å². The molecule has 18 heavy (non-hydrogen) atoms. The molecule has 1 heterocycles. The summed E-state index contributed by atoms with van der Waals surface area (Å²) in [7, 11) is 0. The predicted octanol–water partition coefficient (Wildman–Crippen LogP) is 2.94. The van der Waals surface area contributed by atoms with E-state index in [2.05, 4.69) is 9.97 Å². The molecule has 4 nitrogen and oxygen atoms in total. The van der Waals surface area contributed by atoms with E-state index in [0.29, 0.717) is 18.2 Å². The Hall–Kier alpha value is -1.65.